The van der Waals surface area contributed by atoms with Gasteiger partial charge in [0.05, 0.1) is 12.2 Å². The lowest BCUT2D eigenvalue weighted by molar-refractivity contribution is 0.164. The highest BCUT2D eigenvalue weighted by atomic mass is 32.1. The van der Waals surface area contributed by atoms with Crippen LogP contribution in [0.4, 0.5) is 4.79 Å². The first-order valence-electron chi connectivity index (χ1n) is 9.80. The summed E-state index contributed by atoms with van der Waals surface area (Å²) in [6.07, 6.45) is 0.893. The summed E-state index contributed by atoms with van der Waals surface area (Å²) in [6.45, 7) is 15.2. The highest BCUT2D eigenvalue weighted by Crippen LogP contribution is 2.20. The molecule has 1 N–H and O–H groups in total. The molecule has 1 heterocycles. The van der Waals surface area contributed by atoms with Crippen molar-refractivity contribution in [2.45, 2.75) is 79.6 Å². The minimum absolute atomic E-state index is 0.0529. The average Bonchev–Trinajstić information content (AvgIpc) is 3.02. The number of carbonyl (C=O) groups excluding carboxylic acids is 1. The number of urea groups is 1. The second-order valence-electron chi connectivity index (χ2n) is 8.41. The predicted molar refractivity (Wildman–Crippen MR) is 116 cm³/mol. The summed E-state index contributed by atoms with van der Waals surface area (Å²) in [7, 11) is 0. The second-order valence-corrected chi connectivity index (χ2v) is 9.35. The Morgan fingerprint density at radius 1 is 1.25 bits per heavy atom. The van der Waals surface area contributed by atoms with Crippen LogP contribution >= 0.6 is 11.3 Å². The molecular weight excluding hydrogens is 370 g/mol. The number of hydrogen-bond donors (Lipinski definition) is 1. The van der Waals surface area contributed by atoms with Crippen LogP contribution in [0.3, 0.4) is 0 Å². The third-order valence-electron chi connectivity index (χ3n) is 4.35. The minimum Gasteiger partial charge on any atom is -0.486 e. The van der Waals surface area contributed by atoms with Crippen LogP contribution < -0.4 is 10.1 Å². The van der Waals surface area contributed by atoms with Gasteiger partial charge in [0.25, 0.3) is 0 Å². The van der Waals surface area contributed by atoms with E-state index in [-0.39, 0.29) is 17.6 Å². The van der Waals surface area contributed by atoms with Crippen LogP contribution in [0.25, 0.3) is 0 Å². The summed E-state index contributed by atoms with van der Waals surface area (Å²) in [5.41, 5.74) is 3.00. The van der Waals surface area contributed by atoms with Gasteiger partial charge >= 0.3 is 6.03 Å². The van der Waals surface area contributed by atoms with Crippen molar-refractivity contribution in [3.8, 4) is 5.75 Å². The lowest BCUT2D eigenvalue weighted by Crippen LogP contribution is -2.50. The van der Waals surface area contributed by atoms with Crippen molar-refractivity contribution in [1.29, 1.82) is 0 Å². The second kappa shape index (κ2) is 9.41. The Morgan fingerprint density at radius 2 is 1.89 bits per heavy atom. The molecular formula is C22H33N3O2S. The molecule has 0 aliphatic rings. The number of hydrogen-bond acceptors (Lipinski definition) is 4. The Hall–Kier alpha value is -2.08. The van der Waals surface area contributed by atoms with Gasteiger partial charge in [-0.1, -0.05) is 13.0 Å². The smallest absolute Gasteiger partial charge is 0.318 e. The van der Waals surface area contributed by atoms with Gasteiger partial charge in [-0.25, -0.2) is 9.78 Å². The zero-order chi connectivity index (χ0) is 20.9. The van der Waals surface area contributed by atoms with Gasteiger partial charge in [0.2, 0.25) is 0 Å². The molecule has 2 rings (SSSR count). The van der Waals surface area contributed by atoms with E-state index in [1.54, 1.807) is 11.3 Å². The molecule has 1 aromatic heterocycles. The maximum atomic E-state index is 12.7. The van der Waals surface area contributed by atoms with Gasteiger partial charge in [-0.05, 0) is 71.2 Å². The number of rotatable bonds is 7. The van der Waals surface area contributed by atoms with Crippen molar-refractivity contribution in [3.63, 3.8) is 0 Å². The van der Waals surface area contributed by atoms with Crippen LogP contribution in [0.5, 0.6) is 5.75 Å². The van der Waals surface area contributed by atoms with E-state index in [0.29, 0.717) is 13.2 Å². The number of nitrogens with one attached hydrogen (secondary N) is 1. The van der Waals surface area contributed by atoms with E-state index in [0.717, 1.165) is 22.9 Å². The number of ether oxygens (including phenoxy) is 1. The topological polar surface area (TPSA) is 54.5 Å². The monoisotopic (exact) mass is 403 g/mol. The van der Waals surface area contributed by atoms with E-state index < -0.39 is 0 Å². The van der Waals surface area contributed by atoms with Crippen molar-refractivity contribution < 1.29 is 9.53 Å². The number of thiazole rings is 1. The Kier molecular flexibility index (Phi) is 7.47. The number of aromatic nitrogens is 1. The van der Waals surface area contributed by atoms with Crippen LogP contribution in [0.2, 0.25) is 0 Å². The number of benzene rings is 1. The van der Waals surface area contributed by atoms with Crippen LogP contribution in [0.1, 0.15) is 62.9 Å². The standard InChI is InChI=1S/C22H33N3O2S/c1-8-17(4)25(21(26)24-22(5,6)7)12-18-14-28-20(23-18)13-27-19-10-15(2)9-16(3)11-19/h9-11,14,17H,8,12-13H2,1-7H3,(H,24,26). The quantitative estimate of drug-likeness (QED) is 0.669. The molecule has 0 radical (unpaired) electrons. The van der Waals surface area contributed by atoms with Crippen molar-refractivity contribution in [2.24, 2.45) is 0 Å². The lowest BCUT2D eigenvalue weighted by Gasteiger charge is -2.32. The van der Waals surface area contributed by atoms with Crippen LogP contribution in [0, 0.1) is 13.8 Å². The normalized spacial score (nSPS) is 12.5. The zero-order valence-corrected chi connectivity index (χ0v) is 18.9. The Balaban J connectivity index is 2.03. The van der Waals surface area contributed by atoms with Gasteiger partial charge < -0.3 is 15.0 Å². The fourth-order valence-corrected chi connectivity index (χ4v) is 3.56. The maximum absolute atomic E-state index is 12.7. The molecule has 2 aromatic rings. The van der Waals surface area contributed by atoms with Gasteiger partial charge in [0.15, 0.2) is 0 Å². The van der Waals surface area contributed by atoms with E-state index in [1.807, 2.05) is 43.2 Å². The third-order valence-corrected chi connectivity index (χ3v) is 5.23. The Labute approximate surface area is 173 Å². The fourth-order valence-electron chi connectivity index (χ4n) is 2.86. The van der Waals surface area contributed by atoms with E-state index in [4.69, 9.17) is 4.74 Å². The van der Waals surface area contributed by atoms with Crippen molar-refractivity contribution in [3.05, 3.63) is 45.4 Å². The van der Waals surface area contributed by atoms with Gasteiger partial charge in [-0.15, -0.1) is 11.3 Å². The van der Waals surface area contributed by atoms with Crippen LogP contribution in [-0.4, -0.2) is 27.5 Å². The Morgan fingerprint density at radius 3 is 2.46 bits per heavy atom. The number of nitrogens with zero attached hydrogens (tertiary/aromatic N) is 2. The van der Waals surface area contributed by atoms with Crippen molar-refractivity contribution in [1.82, 2.24) is 15.2 Å². The first kappa shape index (κ1) is 22.2. The fraction of sp³-hybridized carbons (Fsp3) is 0.545. The van der Waals surface area contributed by atoms with Gasteiger partial charge in [-0.2, -0.15) is 0 Å². The van der Waals surface area contributed by atoms with E-state index in [9.17, 15) is 4.79 Å². The van der Waals surface area contributed by atoms with Gasteiger partial charge in [0, 0.05) is 17.0 Å². The largest absolute Gasteiger partial charge is 0.486 e. The van der Waals surface area contributed by atoms with Gasteiger partial charge in [0.1, 0.15) is 17.4 Å². The highest BCUT2D eigenvalue weighted by molar-refractivity contribution is 7.09. The molecule has 1 unspecified atom stereocenters. The number of amides is 2. The maximum Gasteiger partial charge on any atom is 0.318 e. The molecule has 0 aliphatic carbocycles. The molecule has 0 bridgehead atoms. The SMILES string of the molecule is CCC(C)N(Cc1csc(COc2cc(C)cc(C)c2)n1)C(=O)NC(C)(C)C. The number of carbonyl (C=O) groups is 1. The van der Waals surface area contributed by atoms with Crippen LogP contribution in [0.15, 0.2) is 23.6 Å². The average molecular weight is 404 g/mol. The summed E-state index contributed by atoms with van der Waals surface area (Å²) in [5, 5.41) is 5.98. The molecule has 0 saturated carbocycles. The predicted octanol–water partition coefficient (Wildman–Crippen LogP) is 5.45. The first-order valence-corrected chi connectivity index (χ1v) is 10.7. The molecule has 0 fully saturated rings. The molecule has 2 amide bonds. The third kappa shape index (κ3) is 6.82. The zero-order valence-electron chi connectivity index (χ0n) is 18.1. The summed E-state index contributed by atoms with van der Waals surface area (Å²) in [5.74, 6) is 0.861. The summed E-state index contributed by atoms with van der Waals surface area (Å²) < 4.78 is 5.91. The van der Waals surface area contributed by atoms with E-state index in [1.165, 1.54) is 11.1 Å². The molecule has 6 heteroatoms. The van der Waals surface area contributed by atoms with Crippen LogP contribution in [-0.2, 0) is 13.2 Å². The highest BCUT2D eigenvalue weighted by Gasteiger charge is 2.24. The summed E-state index contributed by atoms with van der Waals surface area (Å²) in [4.78, 5) is 19.2. The van der Waals surface area contributed by atoms with E-state index >= 15 is 0 Å². The molecule has 154 valence electrons. The Bertz CT molecular complexity index is 775. The van der Waals surface area contributed by atoms with Gasteiger partial charge in [-0.3, -0.25) is 0 Å². The lowest BCUT2D eigenvalue weighted by atomic mass is 10.1. The summed E-state index contributed by atoms with van der Waals surface area (Å²) in [6, 6.07) is 6.27. The van der Waals surface area contributed by atoms with Crippen molar-refractivity contribution >= 4 is 17.4 Å². The molecule has 0 aliphatic heterocycles. The minimum atomic E-state index is -0.268. The summed E-state index contributed by atoms with van der Waals surface area (Å²) >= 11 is 1.57. The van der Waals surface area contributed by atoms with Crippen molar-refractivity contribution in [2.75, 3.05) is 0 Å². The molecule has 0 spiro atoms. The molecule has 1 aromatic carbocycles. The number of aryl methyl sites for hydroxylation is 2. The van der Waals surface area contributed by atoms with E-state index in [2.05, 4.69) is 44.1 Å². The molecule has 5 nitrogen and oxygen atoms in total. The molecule has 1 atom stereocenters. The molecule has 0 saturated heterocycles. The first-order chi connectivity index (χ1) is 13.1. The molecule has 28 heavy (non-hydrogen) atoms.